The van der Waals surface area contributed by atoms with Gasteiger partial charge in [0.05, 0.1) is 0 Å². The molecule has 4 nitrogen and oxygen atoms in total. The summed E-state index contributed by atoms with van der Waals surface area (Å²) < 4.78 is 0. The van der Waals surface area contributed by atoms with Crippen LogP contribution >= 0.6 is 0 Å². The van der Waals surface area contributed by atoms with Crippen LogP contribution in [0.3, 0.4) is 0 Å². The van der Waals surface area contributed by atoms with Gasteiger partial charge in [-0.25, -0.2) is 4.79 Å². The number of hydrogen-bond acceptors (Lipinski definition) is 3. The van der Waals surface area contributed by atoms with E-state index in [9.17, 15) is 4.79 Å². The monoisotopic (exact) mass is 206 g/mol. The predicted molar refractivity (Wildman–Crippen MR) is 59.2 cm³/mol. The minimum atomic E-state index is -1.16. The lowest BCUT2D eigenvalue weighted by Crippen LogP contribution is -2.14. The number of benzene rings is 1. The van der Waals surface area contributed by atoms with Gasteiger partial charge in [-0.2, -0.15) is 0 Å². The second-order valence-corrected chi connectivity index (χ2v) is 3.56. The van der Waals surface area contributed by atoms with Gasteiger partial charge < -0.3 is 10.8 Å². The first-order chi connectivity index (χ1) is 7.00. The van der Waals surface area contributed by atoms with Gasteiger partial charge in [-0.1, -0.05) is 19.1 Å². The summed E-state index contributed by atoms with van der Waals surface area (Å²) in [4.78, 5) is 10.5. The van der Waals surface area contributed by atoms with Gasteiger partial charge in [0, 0.05) is 12.1 Å². The Balaban J connectivity index is 2.69. The van der Waals surface area contributed by atoms with Crippen LogP contribution in [-0.4, -0.2) is 16.8 Å². The van der Waals surface area contributed by atoms with E-state index in [1.165, 1.54) is 0 Å². The third kappa shape index (κ3) is 3.09. The molecule has 0 saturated carbocycles. The van der Waals surface area contributed by atoms with Crippen LogP contribution in [0, 0.1) is 5.41 Å². The second kappa shape index (κ2) is 4.59. The number of carboxylic acids is 1. The highest BCUT2D eigenvalue weighted by atomic mass is 16.4. The topological polar surface area (TPSA) is 87.2 Å². The van der Waals surface area contributed by atoms with Crippen LogP contribution in [0.1, 0.15) is 24.8 Å². The Labute approximate surface area is 88.2 Å². The van der Waals surface area contributed by atoms with Crippen molar-refractivity contribution in [2.24, 2.45) is 0 Å². The van der Waals surface area contributed by atoms with Crippen molar-refractivity contribution in [2.75, 3.05) is 5.73 Å². The zero-order valence-corrected chi connectivity index (χ0v) is 8.53. The SMILES string of the molecule is CC(CC(=N)C(=O)O)c1ccc(N)cc1. The van der Waals surface area contributed by atoms with Crippen molar-refractivity contribution >= 4 is 17.4 Å². The zero-order chi connectivity index (χ0) is 11.4. The molecule has 1 unspecified atom stereocenters. The summed E-state index contributed by atoms with van der Waals surface area (Å²) in [6.07, 6.45) is 0.235. The van der Waals surface area contributed by atoms with E-state index in [4.69, 9.17) is 16.2 Å². The highest BCUT2D eigenvalue weighted by Crippen LogP contribution is 2.20. The Hall–Kier alpha value is -1.84. The van der Waals surface area contributed by atoms with E-state index in [-0.39, 0.29) is 18.1 Å². The fraction of sp³-hybridized carbons (Fsp3) is 0.273. The van der Waals surface area contributed by atoms with Crippen LogP contribution in [0.4, 0.5) is 5.69 Å². The molecule has 1 atom stereocenters. The number of anilines is 1. The molecule has 0 heterocycles. The van der Waals surface area contributed by atoms with Crippen molar-refractivity contribution in [3.63, 3.8) is 0 Å². The molecule has 0 aliphatic rings. The molecular formula is C11H14N2O2. The normalized spacial score (nSPS) is 12.1. The molecule has 0 radical (unpaired) electrons. The molecule has 80 valence electrons. The Morgan fingerprint density at radius 2 is 2.00 bits per heavy atom. The smallest absolute Gasteiger partial charge is 0.349 e. The molecular weight excluding hydrogens is 192 g/mol. The van der Waals surface area contributed by atoms with Crippen LogP contribution in [-0.2, 0) is 4.79 Å². The van der Waals surface area contributed by atoms with Crippen molar-refractivity contribution in [3.05, 3.63) is 29.8 Å². The number of nitrogens with one attached hydrogen (secondary N) is 1. The molecule has 0 aliphatic heterocycles. The lowest BCUT2D eigenvalue weighted by molar-refractivity contribution is -0.129. The van der Waals surface area contributed by atoms with Crippen molar-refractivity contribution in [3.8, 4) is 0 Å². The van der Waals surface area contributed by atoms with Crippen LogP contribution in [0.5, 0.6) is 0 Å². The molecule has 1 aromatic carbocycles. The summed E-state index contributed by atoms with van der Waals surface area (Å²) in [7, 11) is 0. The first kappa shape index (κ1) is 11.2. The Morgan fingerprint density at radius 3 is 2.47 bits per heavy atom. The van der Waals surface area contributed by atoms with E-state index in [1.807, 2.05) is 19.1 Å². The molecule has 0 amide bonds. The molecule has 1 aromatic rings. The maximum absolute atomic E-state index is 10.5. The summed E-state index contributed by atoms with van der Waals surface area (Å²) in [6, 6.07) is 7.26. The number of carbonyl (C=O) groups is 1. The lowest BCUT2D eigenvalue weighted by Gasteiger charge is -2.10. The number of nitrogens with two attached hydrogens (primary N) is 1. The van der Waals surface area contributed by atoms with E-state index in [0.29, 0.717) is 5.69 Å². The molecule has 0 bridgehead atoms. The van der Waals surface area contributed by atoms with E-state index < -0.39 is 5.97 Å². The van der Waals surface area contributed by atoms with E-state index >= 15 is 0 Å². The van der Waals surface area contributed by atoms with Crippen LogP contribution in [0.15, 0.2) is 24.3 Å². The van der Waals surface area contributed by atoms with Gasteiger partial charge in [-0.15, -0.1) is 0 Å². The van der Waals surface area contributed by atoms with Gasteiger partial charge in [0.1, 0.15) is 5.71 Å². The van der Waals surface area contributed by atoms with Crippen LogP contribution < -0.4 is 5.73 Å². The maximum atomic E-state index is 10.5. The van der Waals surface area contributed by atoms with E-state index in [1.54, 1.807) is 12.1 Å². The van der Waals surface area contributed by atoms with Gasteiger partial charge >= 0.3 is 5.97 Å². The summed E-state index contributed by atoms with van der Waals surface area (Å²) in [5.74, 6) is -1.13. The maximum Gasteiger partial charge on any atom is 0.349 e. The second-order valence-electron chi connectivity index (χ2n) is 3.56. The highest BCUT2D eigenvalue weighted by molar-refractivity contribution is 6.34. The quantitative estimate of drug-likeness (QED) is 0.519. The average molecular weight is 206 g/mol. The van der Waals surface area contributed by atoms with Crippen molar-refractivity contribution in [1.82, 2.24) is 0 Å². The van der Waals surface area contributed by atoms with Crippen molar-refractivity contribution in [2.45, 2.75) is 19.3 Å². The zero-order valence-electron chi connectivity index (χ0n) is 8.53. The predicted octanol–water partition coefficient (Wildman–Crippen LogP) is 1.87. The standard InChI is InChI=1S/C11H14N2O2/c1-7(6-10(13)11(14)15)8-2-4-9(12)5-3-8/h2-5,7,13H,6,12H2,1H3,(H,14,15). The Bertz CT molecular complexity index is 371. The van der Waals surface area contributed by atoms with Gasteiger partial charge in [0.25, 0.3) is 0 Å². The lowest BCUT2D eigenvalue weighted by atomic mass is 9.95. The third-order valence-electron chi connectivity index (χ3n) is 2.27. The molecule has 15 heavy (non-hydrogen) atoms. The van der Waals surface area contributed by atoms with Crippen molar-refractivity contribution < 1.29 is 9.90 Å². The highest BCUT2D eigenvalue weighted by Gasteiger charge is 2.13. The number of rotatable bonds is 4. The summed E-state index contributed by atoms with van der Waals surface area (Å²) >= 11 is 0. The Kier molecular flexibility index (Phi) is 3.44. The van der Waals surface area contributed by atoms with Gasteiger partial charge in [-0.3, -0.25) is 5.41 Å². The van der Waals surface area contributed by atoms with Crippen LogP contribution in [0.25, 0.3) is 0 Å². The largest absolute Gasteiger partial charge is 0.477 e. The van der Waals surface area contributed by atoms with Gasteiger partial charge in [0.15, 0.2) is 0 Å². The number of hydrogen-bond donors (Lipinski definition) is 3. The molecule has 1 rings (SSSR count). The number of nitrogen functional groups attached to an aromatic ring is 1. The average Bonchev–Trinajstić information content (AvgIpc) is 2.18. The Morgan fingerprint density at radius 1 is 1.47 bits per heavy atom. The van der Waals surface area contributed by atoms with E-state index in [2.05, 4.69) is 0 Å². The molecule has 0 fully saturated rings. The molecule has 0 aromatic heterocycles. The minimum Gasteiger partial charge on any atom is -0.477 e. The number of carboxylic acid groups (broad SMARTS) is 1. The molecule has 4 N–H and O–H groups in total. The van der Waals surface area contributed by atoms with Gasteiger partial charge in [-0.05, 0) is 23.6 Å². The first-order valence-corrected chi connectivity index (χ1v) is 4.67. The summed E-state index contributed by atoms with van der Waals surface area (Å²) in [6.45, 7) is 1.89. The molecule has 0 saturated heterocycles. The molecule has 4 heteroatoms. The van der Waals surface area contributed by atoms with Gasteiger partial charge in [0.2, 0.25) is 0 Å². The summed E-state index contributed by atoms with van der Waals surface area (Å²) in [5, 5.41) is 15.8. The number of aliphatic carboxylic acids is 1. The van der Waals surface area contributed by atoms with Crippen molar-refractivity contribution in [1.29, 1.82) is 5.41 Å². The molecule has 0 aliphatic carbocycles. The third-order valence-corrected chi connectivity index (χ3v) is 2.27. The summed E-state index contributed by atoms with van der Waals surface area (Å²) in [5.41, 5.74) is 6.95. The van der Waals surface area contributed by atoms with Crippen LogP contribution in [0.2, 0.25) is 0 Å². The first-order valence-electron chi connectivity index (χ1n) is 4.67. The molecule has 0 spiro atoms. The van der Waals surface area contributed by atoms with E-state index in [0.717, 1.165) is 5.56 Å². The minimum absolute atomic E-state index is 0.0224. The fourth-order valence-electron chi connectivity index (χ4n) is 1.34. The fourth-order valence-corrected chi connectivity index (χ4v) is 1.34.